The minimum absolute atomic E-state index is 0.240. The first-order valence-electron chi connectivity index (χ1n) is 8.17. The predicted octanol–water partition coefficient (Wildman–Crippen LogP) is 3.56. The van der Waals surface area contributed by atoms with Crippen LogP contribution in [0.15, 0.2) is 54.7 Å². The van der Waals surface area contributed by atoms with Crippen LogP contribution in [-0.4, -0.2) is 32.7 Å². The number of unbranched alkanes of at least 4 members (excludes halogenated alkanes) is 1. The molecule has 3 rings (SSSR count). The fourth-order valence-electron chi connectivity index (χ4n) is 2.19. The number of hydrogen-bond acceptors (Lipinski definition) is 6. The van der Waals surface area contributed by atoms with E-state index in [1.165, 1.54) is 0 Å². The SMILES string of the molecule is CCCCOC(=O)c1cccc(-c2ncc(-c3ccccc3)nn2)n1. The van der Waals surface area contributed by atoms with Crippen LogP contribution in [0.25, 0.3) is 22.8 Å². The second kappa shape index (κ2) is 8.10. The van der Waals surface area contributed by atoms with Gasteiger partial charge in [-0.25, -0.2) is 14.8 Å². The highest BCUT2D eigenvalue weighted by atomic mass is 16.5. The molecule has 0 saturated carbocycles. The van der Waals surface area contributed by atoms with Crippen LogP contribution in [-0.2, 0) is 4.74 Å². The molecule has 126 valence electrons. The monoisotopic (exact) mass is 334 g/mol. The van der Waals surface area contributed by atoms with Crippen molar-refractivity contribution in [1.82, 2.24) is 20.2 Å². The third kappa shape index (κ3) is 4.23. The van der Waals surface area contributed by atoms with Crippen molar-refractivity contribution in [2.75, 3.05) is 6.61 Å². The molecule has 0 radical (unpaired) electrons. The van der Waals surface area contributed by atoms with Crippen LogP contribution in [0.5, 0.6) is 0 Å². The van der Waals surface area contributed by atoms with Gasteiger partial charge in [-0.3, -0.25) is 0 Å². The maximum absolute atomic E-state index is 12.0. The smallest absolute Gasteiger partial charge is 0.356 e. The number of benzene rings is 1. The highest BCUT2D eigenvalue weighted by Gasteiger charge is 2.12. The molecule has 1 aromatic carbocycles. The van der Waals surface area contributed by atoms with Gasteiger partial charge in [0.25, 0.3) is 0 Å². The van der Waals surface area contributed by atoms with Gasteiger partial charge in [0.1, 0.15) is 17.1 Å². The van der Waals surface area contributed by atoms with Crippen LogP contribution in [0.3, 0.4) is 0 Å². The molecule has 0 unspecified atom stereocenters. The second-order valence-corrected chi connectivity index (χ2v) is 5.43. The zero-order valence-electron chi connectivity index (χ0n) is 13.9. The van der Waals surface area contributed by atoms with E-state index in [2.05, 4.69) is 20.2 Å². The average Bonchev–Trinajstić information content (AvgIpc) is 2.69. The summed E-state index contributed by atoms with van der Waals surface area (Å²) in [5, 5.41) is 8.32. The maximum atomic E-state index is 12.0. The quantitative estimate of drug-likeness (QED) is 0.507. The van der Waals surface area contributed by atoms with Crippen molar-refractivity contribution in [1.29, 1.82) is 0 Å². The van der Waals surface area contributed by atoms with E-state index in [1.54, 1.807) is 24.4 Å². The molecule has 6 nitrogen and oxygen atoms in total. The summed E-state index contributed by atoms with van der Waals surface area (Å²) in [5.41, 5.74) is 2.34. The van der Waals surface area contributed by atoms with E-state index in [1.807, 2.05) is 37.3 Å². The largest absolute Gasteiger partial charge is 0.461 e. The highest BCUT2D eigenvalue weighted by molar-refractivity contribution is 5.87. The first-order valence-corrected chi connectivity index (χ1v) is 8.17. The van der Waals surface area contributed by atoms with E-state index in [0.717, 1.165) is 18.4 Å². The van der Waals surface area contributed by atoms with Gasteiger partial charge in [0.05, 0.1) is 12.8 Å². The lowest BCUT2D eigenvalue weighted by Crippen LogP contribution is -2.09. The normalized spacial score (nSPS) is 10.4. The zero-order valence-corrected chi connectivity index (χ0v) is 13.9. The molecular formula is C19H18N4O2. The van der Waals surface area contributed by atoms with E-state index in [-0.39, 0.29) is 5.69 Å². The predicted molar refractivity (Wildman–Crippen MR) is 93.7 cm³/mol. The van der Waals surface area contributed by atoms with E-state index in [9.17, 15) is 4.79 Å². The Labute approximate surface area is 145 Å². The lowest BCUT2D eigenvalue weighted by molar-refractivity contribution is 0.0493. The Balaban J connectivity index is 1.78. The van der Waals surface area contributed by atoms with Crippen molar-refractivity contribution >= 4 is 5.97 Å². The number of esters is 1. The van der Waals surface area contributed by atoms with E-state index < -0.39 is 5.97 Å². The van der Waals surface area contributed by atoms with Crippen molar-refractivity contribution in [3.05, 3.63) is 60.4 Å². The molecule has 0 amide bonds. The van der Waals surface area contributed by atoms with E-state index >= 15 is 0 Å². The van der Waals surface area contributed by atoms with Crippen LogP contribution < -0.4 is 0 Å². The minimum atomic E-state index is -0.441. The Hall–Kier alpha value is -3.15. The lowest BCUT2D eigenvalue weighted by atomic mass is 10.2. The maximum Gasteiger partial charge on any atom is 0.356 e. The van der Waals surface area contributed by atoms with E-state index in [0.29, 0.717) is 23.8 Å². The summed E-state index contributed by atoms with van der Waals surface area (Å²) in [6.45, 7) is 2.43. The van der Waals surface area contributed by atoms with Crippen LogP contribution in [0.1, 0.15) is 30.3 Å². The molecule has 6 heteroatoms. The van der Waals surface area contributed by atoms with Crippen LogP contribution >= 0.6 is 0 Å². The molecule has 0 aliphatic heterocycles. The van der Waals surface area contributed by atoms with Crippen molar-refractivity contribution in [3.63, 3.8) is 0 Å². The van der Waals surface area contributed by atoms with Crippen LogP contribution in [0.2, 0.25) is 0 Å². The molecule has 0 aliphatic carbocycles. The average molecular weight is 334 g/mol. The summed E-state index contributed by atoms with van der Waals surface area (Å²) >= 11 is 0. The van der Waals surface area contributed by atoms with Crippen molar-refractivity contribution in [2.24, 2.45) is 0 Å². The number of rotatable bonds is 6. The Kier molecular flexibility index (Phi) is 5.41. The third-order valence-electron chi connectivity index (χ3n) is 3.55. The topological polar surface area (TPSA) is 77.9 Å². The Morgan fingerprint density at radius 1 is 1.00 bits per heavy atom. The summed E-state index contributed by atoms with van der Waals surface area (Å²) in [4.78, 5) is 20.6. The van der Waals surface area contributed by atoms with Gasteiger partial charge in [-0.2, -0.15) is 0 Å². The minimum Gasteiger partial charge on any atom is -0.461 e. The Morgan fingerprint density at radius 2 is 1.84 bits per heavy atom. The molecule has 0 bridgehead atoms. The molecule has 2 heterocycles. The molecule has 0 spiro atoms. The number of carbonyl (C=O) groups is 1. The summed E-state index contributed by atoms with van der Waals surface area (Å²) in [6, 6.07) is 14.8. The fraction of sp³-hybridized carbons (Fsp3) is 0.211. The first kappa shape index (κ1) is 16.7. The highest BCUT2D eigenvalue weighted by Crippen LogP contribution is 2.17. The van der Waals surface area contributed by atoms with Gasteiger partial charge >= 0.3 is 5.97 Å². The van der Waals surface area contributed by atoms with Crippen LogP contribution in [0.4, 0.5) is 0 Å². The van der Waals surface area contributed by atoms with Crippen molar-refractivity contribution in [2.45, 2.75) is 19.8 Å². The first-order chi connectivity index (χ1) is 12.3. The van der Waals surface area contributed by atoms with Gasteiger partial charge in [-0.05, 0) is 18.6 Å². The number of pyridine rings is 1. The van der Waals surface area contributed by atoms with Gasteiger partial charge in [0, 0.05) is 5.56 Å². The Morgan fingerprint density at radius 3 is 2.56 bits per heavy atom. The molecule has 0 aliphatic rings. The lowest BCUT2D eigenvalue weighted by Gasteiger charge is -2.05. The molecular weight excluding hydrogens is 316 g/mol. The van der Waals surface area contributed by atoms with Crippen molar-refractivity contribution in [3.8, 4) is 22.8 Å². The van der Waals surface area contributed by atoms with Gasteiger partial charge < -0.3 is 4.74 Å². The zero-order chi connectivity index (χ0) is 17.5. The third-order valence-corrected chi connectivity index (χ3v) is 3.55. The van der Waals surface area contributed by atoms with Gasteiger partial charge in [-0.1, -0.05) is 49.7 Å². The molecule has 0 fully saturated rings. The fourth-order valence-corrected chi connectivity index (χ4v) is 2.19. The number of aromatic nitrogens is 4. The second-order valence-electron chi connectivity index (χ2n) is 5.43. The number of ether oxygens (including phenoxy) is 1. The standard InChI is InChI=1S/C19H18N4O2/c1-2-3-12-25-19(24)16-11-7-10-15(21-16)18-20-13-17(22-23-18)14-8-5-4-6-9-14/h4-11,13H,2-3,12H2,1H3. The van der Waals surface area contributed by atoms with Gasteiger partial charge in [0.2, 0.25) is 0 Å². The van der Waals surface area contributed by atoms with E-state index in [4.69, 9.17) is 4.74 Å². The number of nitrogens with zero attached hydrogens (tertiary/aromatic N) is 4. The summed E-state index contributed by atoms with van der Waals surface area (Å²) < 4.78 is 5.18. The molecule has 0 saturated heterocycles. The number of hydrogen-bond donors (Lipinski definition) is 0. The molecule has 3 aromatic rings. The number of carbonyl (C=O) groups excluding carboxylic acids is 1. The summed E-state index contributed by atoms with van der Waals surface area (Å²) in [5.74, 6) is -0.0768. The summed E-state index contributed by atoms with van der Waals surface area (Å²) in [6.07, 6.45) is 3.44. The summed E-state index contributed by atoms with van der Waals surface area (Å²) in [7, 11) is 0. The van der Waals surface area contributed by atoms with Gasteiger partial charge in [0.15, 0.2) is 5.82 Å². The Bertz CT molecular complexity index is 836. The molecule has 0 atom stereocenters. The molecule has 2 aromatic heterocycles. The molecule has 0 N–H and O–H groups in total. The molecule has 25 heavy (non-hydrogen) atoms. The van der Waals surface area contributed by atoms with Crippen molar-refractivity contribution < 1.29 is 9.53 Å². The van der Waals surface area contributed by atoms with Gasteiger partial charge in [-0.15, -0.1) is 10.2 Å². The van der Waals surface area contributed by atoms with Crippen LogP contribution in [0, 0.1) is 0 Å².